The number of fused-ring (bicyclic) bond motifs is 4. The van der Waals surface area contributed by atoms with Crippen LogP contribution in [0.25, 0.3) is 0 Å². The molecule has 0 amide bonds. The molecule has 2 nitrogen and oxygen atoms in total. The topological polar surface area (TPSA) is 18.5 Å². The summed E-state index contributed by atoms with van der Waals surface area (Å²) >= 11 is 0. The van der Waals surface area contributed by atoms with Gasteiger partial charge in [-0.25, -0.2) is 0 Å². The molecule has 4 fully saturated rings. The fraction of sp³-hybridized carbons (Fsp3) is 0.667. The molecular formula is C42H72O2Si4. The maximum Gasteiger partial charge on any atom is 0.177 e. The van der Waals surface area contributed by atoms with Crippen LogP contribution in [0.3, 0.4) is 0 Å². The lowest BCUT2D eigenvalue weighted by Crippen LogP contribution is -2.51. The molecule has 0 N–H and O–H groups in total. The lowest BCUT2D eigenvalue weighted by molar-refractivity contribution is 0.461. The Morgan fingerprint density at radius 2 is 0.771 bits per heavy atom. The fourth-order valence-electron chi connectivity index (χ4n) is 11.5. The van der Waals surface area contributed by atoms with Gasteiger partial charge in [-0.2, -0.15) is 0 Å². The predicted molar refractivity (Wildman–Crippen MR) is 222 cm³/mol. The van der Waals surface area contributed by atoms with Crippen LogP contribution in [-0.4, -0.2) is 33.3 Å². The first-order chi connectivity index (χ1) is 22.5. The highest BCUT2D eigenvalue weighted by Crippen LogP contribution is 2.56. The number of allylic oxidation sites excluding steroid dienone is 8. The van der Waals surface area contributed by atoms with Crippen molar-refractivity contribution in [1.82, 2.24) is 0 Å². The Bertz CT molecular complexity index is 1130. The van der Waals surface area contributed by atoms with E-state index in [9.17, 15) is 0 Å². The molecular weight excluding hydrogens is 649 g/mol. The highest BCUT2D eigenvalue weighted by molar-refractivity contribution is 6.87. The summed E-state index contributed by atoms with van der Waals surface area (Å²) in [7, 11) is -6.75. The van der Waals surface area contributed by atoms with Crippen molar-refractivity contribution in [2.75, 3.05) is 0 Å². The van der Waals surface area contributed by atoms with Gasteiger partial charge in [-0.05, 0) is 173 Å². The van der Waals surface area contributed by atoms with Gasteiger partial charge in [0.2, 0.25) is 0 Å². The number of rotatable bonds is 12. The predicted octanol–water partition coefficient (Wildman–Crippen LogP) is 13.1. The third-order valence-corrected chi connectivity index (χ3v) is 32.0. The van der Waals surface area contributed by atoms with Gasteiger partial charge >= 0.3 is 0 Å². The van der Waals surface area contributed by atoms with Crippen LogP contribution in [0, 0.1) is 47.3 Å². The van der Waals surface area contributed by atoms with Crippen molar-refractivity contribution >= 4 is 33.3 Å². The molecule has 0 aromatic heterocycles. The normalized spacial score (nSPS) is 38.2. The van der Waals surface area contributed by atoms with E-state index in [4.69, 9.17) is 8.23 Å². The van der Waals surface area contributed by atoms with E-state index in [-0.39, 0.29) is 0 Å². The molecule has 0 aromatic carbocycles. The fourth-order valence-corrected chi connectivity index (χ4v) is 33.5. The molecule has 0 saturated heterocycles. The van der Waals surface area contributed by atoms with Gasteiger partial charge in [0.15, 0.2) is 33.3 Å². The molecule has 48 heavy (non-hydrogen) atoms. The van der Waals surface area contributed by atoms with Crippen LogP contribution in [0.15, 0.2) is 88.1 Å². The SMILES string of the molecule is C=C.C=CC1CC(C=C)C([Si](C)(C)O[Si](C)(C)C2CC(C=C)CC2C=C)C1.C[Si](C)(O[Si](C)(C)C1CC2C=CC1C2)C1CC2C=CC1C2. The van der Waals surface area contributed by atoms with Crippen LogP contribution in [0.4, 0.5) is 0 Å². The summed E-state index contributed by atoms with van der Waals surface area (Å²) in [6.45, 7) is 42.1. The molecule has 12 atom stereocenters. The maximum atomic E-state index is 7.16. The van der Waals surface area contributed by atoms with Gasteiger partial charge < -0.3 is 8.23 Å². The molecule has 6 aliphatic rings. The maximum absolute atomic E-state index is 7.16. The van der Waals surface area contributed by atoms with Crippen molar-refractivity contribution in [1.29, 1.82) is 0 Å². The van der Waals surface area contributed by atoms with Crippen LogP contribution in [0.1, 0.15) is 51.4 Å². The van der Waals surface area contributed by atoms with Crippen LogP contribution >= 0.6 is 0 Å². The summed E-state index contributed by atoms with van der Waals surface area (Å²) in [6.07, 6.45) is 29.1. The Hall–Kier alpha value is -1.03. The van der Waals surface area contributed by atoms with Crippen LogP contribution < -0.4 is 0 Å². The Morgan fingerprint density at radius 1 is 0.438 bits per heavy atom. The molecule has 4 bridgehead atoms. The Kier molecular flexibility index (Phi) is 13.0. The van der Waals surface area contributed by atoms with Gasteiger partial charge in [0.25, 0.3) is 0 Å². The summed E-state index contributed by atoms with van der Waals surface area (Å²) < 4.78 is 14.3. The molecule has 0 heterocycles. The zero-order valence-corrected chi connectivity index (χ0v) is 36.3. The molecule has 0 aromatic rings. The van der Waals surface area contributed by atoms with Gasteiger partial charge in [0, 0.05) is 0 Å². The van der Waals surface area contributed by atoms with Crippen molar-refractivity contribution in [2.45, 2.75) is 126 Å². The summed E-state index contributed by atoms with van der Waals surface area (Å²) in [5.74, 6) is 5.90. The lowest BCUT2D eigenvalue weighted by Gasteiger charge is -2.44. The molecule has 6 rings (SSSR count). The Labute approximate surface area is 301 Å². The Morgan fingerprint density at radius 3 is 1.02 bits per heavy atom. The summed E-state index contributed by atoms with van der Waals surface area (Å²) in [5.41, 5.74) is 3.10. The standard InChI is InChI=1S/C22H38OSi2.C18H30OSi2.C2H4/c1-9-17-13-19(11-3)21(15-17)24(5,6)23-25(7,8)22-16-18(10-2)14-20(22)12-4;1-20(2,17-11-13-5-7-15(17)9-13)19-21(3,4)18-12-14-6-8-16(18)10-14;1-2/h9-12,17-22H,1-4,13-16H2,5-8H3;5-8,13-18H,9-12H2,1-4H3;1-2H2. The minimum Gasteiger partial charge on any atom is -0.455 e. The molecule has 6 heteroatoms. The molecule has 0 aliphatic heterocycles. The smallest absolute Gasteiger partial charge is 0.177 e. The molecule has 268 valence electrons. The zero-order valence-electron chi connectivity index (χ0n) is 32.3. The van der Waals surface area contributed by atoms with E-state index < -0.39 is 33.3 Å². The van der Waals surface area contributed by atoms with Crippen LogP contribution in [0.2, 0.25) is 74.5 Å². The highest BCUT2D eigenvalue weighted by Gasteiger charge is 2.53. The zero-order chi connectivity index (χ0) is 35.7. The molecule has 0 radical (unpaired) electrons. The summed E-state index contributed by atoms with van der Waals surface area (Å²) in [4.78, 5) is 0. The third kappa shape index (κ3) is 8.53. The van der Waals surface area contributed by atoms with Crippen molar-refractivity contribution in [3.63, 3.8) is 0 Å². The Balaban J connectivity index is 0.000000208. The molecule has 6 aliphatic carbocycles. The second-order valence-electron chi connectivity index (χ2n) is 18.3. The van der Waals surface area contributed by atoms with Crippen LogP contribution in [0.5, 0.6) is 0 Å². The second kappa shape index (κ2) is 15.7. The monoisotopic (exact) mass is 720 g/mol. The number of hydrogen-bond acceptors (Lipinski definition) is 2. The molecule has 0 spiro atoms. The van der Waals surface area contributed by atoms with E-state index in [1.165, 1.54) is 51.4 Å². The minimum atomic E-state index is -1.81. The molecule has 12 unspecified atom stereocenters. The lowest BCUT2D eigenvalue weighted by atomic mass is 10.1. The number of hydrogen-bond donors (Lipinski definition) is 0. The summed E-state index contributed by atoms with van der Waals surface area (Å²) in [5, 5.41) is 0. The largest absolute Gasteiger partial charge is 0.455 e. The summed E-state index contributed by atoms with van der Waals surface area (Å²) in [6, 6.07) is 0. The van der Waals surface area contributed by atoms with Crippen LogP contribution in [-0.2, 0) is 8.23 Å². The van der Waals surface area contributed by atoms with Gasteiger partial charge in [-0.15, -0.1) is 39.5 Å². The van der Waals surface area contributed by atoms with Crippen molar-refractivity contribution in [3.8, 4) is 0 Å². The third-order valence-electron chi connectivity index (χ3n) is 13.8. The van der Waals surface area contributed by atoms with E-state index in [0.717, 1.165) is 34.8 Å². The van der Waals surface area contributed by atoms with Gasteiger partial charge in [-0.1, -0.05) is 48.6 Å². The van der Waals surface area contributed by atoms with E-state index in [1.54, 1.807) is 0 Å². The van der Waals surface area contributed by atoms with E-state index in [0.29, 0.717) is 34.8 Å². The molecule has 4 saturated carbocycles. The second-order valence-corrected chi connectivity index (χ2v) is 35.8. The van der Waals surface area contributed by atoms with Crippen molar-refractivity contribution in [2.24, 2.45) is 47.3 Å². The first kappa shape index (κ1) is 39.7. The van der Waals surface area contributed by atoms with Crippen molar-refractivity contribution in [3.05, 3.63) is 88.1 Å². The van der Waals surface area contributed by atoms with Gasteiger partial charge in [0.05, 0.1) is 0 Å². The van der Waals surface area contributed by atoms with E-state index in [1.807, 2.05) is 0 Å². The van der Waals surface area contributed by atoms with Crippen molar-refractivity contribution < 1.29 is 8.23 Å². The van der Waals surface area contributed by atoms with E-state index in [2.05, 4.69) is 140 Å². The average molecular weight is 721 g/mol. The average Bonchev–Trinajstić information content (AvgIpc) is 3.90. The first-order valence-electron chi connectivity index (χ1n) is 19.3. The van der Waals surface area contributed by atoms with Gasteiger partial charge in [-0.3, -0.25) is 0 Å². The first-order valence-corrected chi connectivity index (χ1v) is 31.2. The quantitative estimate of drug-likeness (QED) is 0.148. The minimum absolute atomic E-state index is 0.592. The van der Waals surface area contributed by atoms with Gasteiger partial charge in [0.1, 0.15) is 0 Å². The van der Waals surface area contributed by atoms with E-state index >= 15 is 0 Å². The highest BCUT2D eigenvalue weighted by atomic mass is 28.4.